The number of halogens is 1. The Bertz CT molecular complexity index is 865. The third-order valence-electron chi connectivity index (χ3n) is 4.60. The van der Waals surface area contributed by atoms with Crippen LogP contribution in [0.4, 0.5) is 0 Å². The average molecular weight is 486 g/mol. The van der Waals surface area contributed by atoms with E-state index in [9.17, 15) is 8.42 Å². The van der Waals surface area contributed by atoms with E-state index in [1.165, 1.54) is 18.4 Å². The van der Waals surface area contributed by atoms with E-state index in [1.54, 1.807) is 25.3 Å². The van der Waals surface area contributed by atoms with Crippen molar-refractivity contribution in [3.05, 3.63) is 57.2 Å². The van der Waals surface area contributed by atoms with Crippen LogP contribution in [0, 0.1) is 3.57 Å². The van der Waals surface area contributed by atoms with Crippen molar-refractivity contribution in [2.75, 3.05) is 20.2 Å². The van der Waals surface area contributed by atoms with Crippen molar-refractivity contribution in [1.29, 1.82) is 0 Å². The fourth-order valence-corrected chi connectivity index (χ4v) is 5.12. The number of nitrogens with zero attached hydrogens (tertiary/aromatic N) is 1. The first-order valence-corrected chi connectivity index (χ1v) is 11.2. The maximum atomic E-state index is 12.6. The van der Waals surface area contributed by atoms with Crippen LogP contribution in [-0.2, 0) is 23.1 Å². The van der Waals surface area contributed by atoms with Crippen LogP contribution < -0.4 is 9.46 Å². The summed E-state index contributed by atoms with van der Waals surface area (Å²) in [6.07, 6.45) is 2.48. The van der Waals surface area contributed by atoms with Gasteiger partial charge in [-0.15, -0.1) is 0 Å². The summed E-state index contributed by atoms with van der Waals surface area (Å²) in [6, 6.07) is 12.9. The van der Waals surface area contributed by atoms with Gasteiger partial charge in [-0.05, 0) is 77.8 Å². The highest BCUT2D eigenvalue weighted by Gasteiger charge is 2.18. The van der Waals surface area contributed by atoms with E-state index in [-0.39, 0.29) is 11.4 Å². The van der Waals surface area contributed by atoms with E-state index in [4.69, 9.17) is 4.74 Å². The molecule has 0 bridgehead atoms. The van der Waals surface area contributed by atoms with Crippen LogP contribution in [0.15, 0.2) is 47.4 Å². The minimum Gasteiger partial charge on any atom is -0.496 e. The molecular weight excluding hydrogens is 463 g/mol. The Kier molecular flexibility index (Phi) is 6.55. The van der Waals surface area contributed by atoms with Gasteiger partial charge < -0.3 is 4.74 Å². The summed E-state index contributed by atoms with van der Waals surface area (Å²) in [6.45, 7) is 3.39. The molecule has 7 heteroatoms. The van der Waals surface area contributed by atoms with Crippen LogP contribution in [0.2, 0.25) is 0 Å². The molecule has 1 aliphatic rings. The second kappa shape index (κ2) is 8.69. The third kappa shape index (κ3) is 4.76. The van der Waals surface area contributed by atoms with Gasteiger partial charge in [0.25, 0.3) is 0 Å². The lowest BCUT2D eigenvalue weighted by molar-refractivity contribution is 0.330. The van der Waals surface area contributed by atoms with Gasteiger partial charge in [0.15, 0.2) is 0 Å². The predicted molar refractivity (Wildman–Crippen MR) is 111 cm³/mol. The Morgan fingerprint density at radius 3 is 2.46 bits per heavy atom. The van der Waals surface area contributed by atoms with E-state index >= 15 is 0 Å². The maximum Gasteiger partial charge on any atom is 0.240 e. The molecule has 1 aliphatic heterocycles. The van der Waals surface area contributed by atoms with Crippen LogP contribution in [0.25, 0.3) is 0 Å². The molecule has 140 valence electrons. The molecule has 0 spiro atoms. The van der Waals surface area contributed by atoms with Crippen molar-refractivity contribution in [3.63, 3.8) is 0 Å². The number of rotatable bonds is 7. The molecule has 2 aromatic carbocycles. The minimum absolute atomic E-state index is 0.250. The molecule has 0 saturated carbocycles. The Balaban J connectivity index is 1.72. The standard InChI is InChI=1S/C19H23IN2O3S/c1-25-19-9-8-17(12-18(19)20)26(23,24)21-13-15-6-2-3-7-16(15)14-22-10-4-5-11-22/h2-3,6-9,12,21H,4-5,10-11,13-14H2,1H3. The SMILES string of the molecule is COc1ccc(S(=O)(=O)NCc2ccccc2CN2CCCC2)cc1I. The van der Waals surface area contributed by atoms with Gasteiger partial charge in [0.05, 0.1) is 15.6 Å². The molecule has 26 heavy (non-hydrogen) atoms. The second-order valence-electron chi connectivity index (χ2n) is 6.37. The lowest BCUT2D eigenvalue weighted by Gasteiger charge is -2.18. The molecule has 2 aromatic rings. The van der Waals surface area contributed by atoms with Crippen LogP contribution in [0.5, 0.6) is 5.75 Å². The zero-order chi connectivity index (χ0) is 18.6. The fraction of sp³-hybridized carbons (Fsp3) is 0.368. The number of ether oxygens (including phenoxy) is 1. The number of nitrogens with one attached hydrogen (secondary N) is 1. The minimum atomic E-state index is -3.57. The Morgan fingerprint density at radius 2 is 1.81 bits per heavy atom. The van der Waals surface area contributed by atoms with Crippen molar-refractivity contribution in [3.8, 4) is 5.75 Å². The largest absolute Gasteiger partial charge is 0.496 e. The molecule has 1 N–H and O–H groups in total. The van der Waals surface area contributed by atoms with Gasteiger partial charge >= 0.3 is 0 Å². The molecule has 0 unspecified atom stereocenters. The van der Waals surface area contributed by atoms with Crippen molar-refractivity contribution in [1.82, 2.24) is 9.62 Å². The molecular formula is C19H23IN2O3S. The van der Waals surface area contributed by atoms with E-state index in [0.29, 0.717) is 5.75 Å². The lowest BCUT2D eigenvalue weighted by Crippen LogP contribution is -2.25. The highest BCUT2D eigenvalue weighted by Crippen LogP contribution is 2.24. The van der Waals surface area contributed by atoms with Gasteiger partial charge in [-0.25, -0.2) is 13.1 Å². The van der Waals surface area contributed by atoms with Gasteiger partial charge in [0, 0.05) is 13.1 Å². The van der Waals surface area contributed by atoms with E-state index in [0.717, 1.165) is 28.8 Å². The first kappa shape index (κ1) is 19.6. The third-order valence-corrected chi connectivity index (χ3v) is 6.84. The highest BCUT2D eigenvalue weighted by atomic mass is 127. The normalized spacial score (nSPS) is 15.3. The Labute approximate surface area is 168 Å². The maximum absolute atomic E-state index is 12.6. The van der Waals surface area contributed by atoms with Crippen molar-refractivity contribution in [2.24, 2.45) is 0 Å². The Morgan fingerprint density at radius 1 is 1.12 bits per heavy atom. The topological polar surface area (TPSA) is 58.6 Å². The van der Waals surface area contributed by atoms with Crippen molar-refractivity contribution in [2.45, 2.75) is 30.8 Å². The number of methoxy groups -OCH3 is 1. The van der Waals surface area contributed by atoms with Gasteiger partial charge in [-0.1, -0.05) is 24.3 Å². The molecule has 0 aromatic heterocycles. The lowest BCUT2D eigenvalue weighted by atomic mass is 10.1. The quantitative estimate of drug-likeness (QED) is 0.610. The van der Waals surface area contributed by atoms with E-state index < -0.39 is 10.0 Å². The number of benzene rings is 2. The summed E-state index contributed by atoms with van der Waals surface area (Å²) < 4.78 is 34.0. The van der Waals surface area contributed by atoms with E-state index in [2.05, 4.69) is 38.3 Å². The number of likely N-dealkylation sites (tertiary alicyclic amines) is 1. The van der Waals surface area contributed by atoms with Crippen LogP contribution >= 0.6 is 22.6 Å². The number of hydrogen-bond acceptors (Lipinski definition) is 4. The molecule has 1 saturated heterocycles. The van der Waals surface area contributed by atoms with Gasteiger partial charge in [-0.3, -0.25) is 4.90 Å². The summed E-state index contributed by atoms with van der Waals surface area (Å²) in [5.41, 5.74) is 2.20. The van der Waals surface area contributed by atoms with Crippen LogP contribution in [0.1, 0.15) is 24.0 Å². The molecule has 0 aliphatic carbocycles. The van der Waals surface area contributed by atoms with Gasteiger partial charge in [0.1, 0.15) is 5.75 Å². The fourth-order valence-electron chi connectivity index (χ4n) is 3.14. The van der Waals surface area contributed by atoms with Gasteiger partial charge in [0.2, 0.25) is 10.0 Å². The monoisotopic (exact) mass is 486 g/mol. The van der Waals surface area contributed by atoms with Crippen molar-refractivity contribution >= 4 is 32.6 Å². The van der Waals surface area contributed by atoms with E-state index in [1.807, 2.05) is 18.2 Å². The molecule has 0 radical (unpaired) electrons. The zero-order valence-electron chi connectivity index (χ0n) is 14.7. The number of sulfonamides is 1. The molecule has 0 atom stereocenters. The Hall–Kier alpha value is -1.16. The summed E-state index contributed by atoms with van der Waals surface area (Å²) >= 11 is 2.08. The molecule has 0 amide bonds. The smallest absolute Gasteiger partial charge is 0.240 e. The molecule has 5 nitrogen and oxygen atoms in total. The summed E-state index contributed by atoms with van der Waals surface area (Å²) in [7, 11) is -2.00. The highest BCUT2D eigenvalue weighted by molar-refractivity contribution is 14.1. The first-order valence-electron chi connectivity index (χ1n) is 8.62. The number of hydrogen-bond donors (Lipinski definition) is 1. The van der Waals surface area contributed by atoms with Crippen molar-refractivity contribution < 1.29 is 13.2 Å². The van der Waals surface area contributed by atoms with Crippen LogP contribution in [-0.4, -0.2) is 33.5 Å². The summed E-state index contributed by atoms with van der Waals surface area (Å²) in [5, 5.41) is 0. The average Bonchev–Trinajstić information content (AvgIpc) is 3.14. The zero-order valence-corrected chi connectivity index (χ0v) is 17.7. The molecule has 3 rings (SSSR count). The van der Waals surface area contributed by atoms with Gasteiger partial charge in [-0.2, -0.15) is 0 Å². The molecule has 1 heterocycles. The summed E-state index contributed by atoms with van der Waals surface area (Å²) in [4.78, 5) is 2.67. The predicted octanol–water partition coefficient (Wildman–Crippen LogP) is 3.37. The first-order chi connectivity index (χ1) is 12.5. The summed E-state index contributed by atoms with van der Waals surface area (Å²) in [5.74, 6) is 0.667. The van der Waals surface area contributed by atoms with Crippen LogP contribution in [0.3, 0.4) is 0 Å². The second-order valence-corrected chi connectivity index (χ2v) is 9.30. The molecule has 1 fully saturated rings.